The van der Waals surface area contributed by atoms with Crippen LogP contribution in [0.2, 0.25) is 0 Å². The zero-order chi connectivity index (χ0) is 13.2. The number of halogens is 2. The molecule has 0 aliphatic heterocycles. The second kappa shape index (κ2) is 4.89. The maximum absolute atomic E-state index is 13.0. The van der Waals surface area contributed by atoms with Gasteiger partial charge in [0, 0.05) is 5.41 Å². The van der Waals surface area contributed by atoms with Crippen LogP contribution < -0.4 is 0 Å². The Morgan fingerprint density at radius 2 is 1.11 bits per heavy atom. The average Bonchev–Trinajstić information content (AvgIpc) is 2.39. The first-order chi connectivity index (χ1) is 8.56. The van der Waals surface area contributed by atoms with Crippen molar-refractivity contribution in [3.63, 3.8) is 0 Å². The predicted molar refractivity (Wildman–Crippen MR) is 69.5 cm³/mol. The van der Waals surface area contributed by atoms with Crippen LogP contribution in [-0.4, -0.2) is 0 Å². The summed E-state index contributed by atoms with van der Waals surface area (Å²) in [6.07, 6.45) is 0.865. The maximum atomic E-state index is 13.0. The highest BCUT2D eigenvalue weighted by molar-refractivity contribution is 5.38. The van der Waals surface area contributed by atoms with Gasteiger partial charge in [0.25, 0.3) is 0 Å². The van der Waals surface area contributed by atoms with Crippen molar-refractivity contribution < 1.29 is 8.78 Å². The van der Waals surface area contributed by atoms with Crippen molar-refractivity contribution in [3.05, 3.63) is 71.3 Å². The molecule has 0 atom stereocenters. The van der Waals surface area contributed by atoms with Crippen LogP contribution in [0.25, 0.3) is 0 Å². The number of benzene rings is 2. The Bertz CT molecular complexity index is 466. The molecule has 0 amide bonds. The lowest BCUT2D eigenvalue weighted by atomic mass is 9.74. The summed E-state index contributed by atoms with van der Waals surface area (Å²) in [4.78, 5) is 0. The SMILES string of the molecule is CCC(C)(c1ccc(F)cc1)c1ccc(F)cc1. The maximum Gasteiger partial charge on any atom is 0.123 e. The Morgan fingerprint density at radius 3 is 1.39 bits per heavy atom. The number of hydrogen-bond donors (Lipinski definition) is 0. The Balaban J connectivity index is 2.47. The van der Waals surface area contributed by atoms with Gasteiger partial charge in [0.2, 0.25) is 0 Å². The largest absolute Gasteiger partial charge is 0.207 e. The molecule has 94 valence electrons. The molecule has 0 nitrogen and oxygen atoms in total. The van der Waals surface area contributed by atoms with E-state index in [9.17, 15) is 8.78 Å². The van der Waals surface area contributed by atoms with E-state index in [-0.39, 0.29) is 17.0 Å². The summed E-state index contributed by atoms with van der Waals surface area (Å²) in [6.45, 7) is 4.17. The summed E-state index contributed by atoms with van der Waals surface area (Å²) >= 11 is 0. The summed E-state index contributed by atoms with van der Waals surface area (Å²) in [5.41, 5.74) is 1.86. The molecule has 0 radical (unpaired) electrons. The molecule has 18 heavy (non-hydrogen) atoms. The van der Waals surface area contributed by atoms with Crippen molar-refractivity contribution in [2.24, 2.45) is 0 Å². The van der Waals surface area contributed by atoms with E-state index in [2.05, 4.69) is 13.8 Å². The van der Waals surface area contributed by atoms with E-state index in [1.54, 1.807) is 24.3 Å². The minimum atomic E-state index is -0.240. The lowest BCUT2D eigenvalue weighted by Gasteiger charge is -2.29. The summed E-state index contributed by atoms with van der Waals surface area (Å²) in [5.74, 6) is -0.479. The van der Waals surface area contributed by atoms with E-state index in [0.717, 1.165) is 17.5 Å². The lowest BCUT2D eigenvalue weighted by molar-refractivity contribution is 0.543. The van der Waals surface area contributed by atoms with Gasteiger partial charge in [-0.1, -0.05) is 38.1 Å². The highest BCUT2D eigenvalue weighted by atomic mass is 19.1. The third-order valence-electron chi connectivity index (χ3n) is 3.67. The molecule has 0 heterocycles. The van der Waals surface area contributed by atoms with Gasteiger partial charge in [-0.3, -0.25) is 0 Å². The van der Waals surface area contributed by atoms with Crippen LogP contribution in [0.4, 0.5) is 8.78 Å². The second-order valence-electron chi connectivity index (χ2n) is 4.70. The Kier molecular flexibility index (Phi) is 3.46. The molecule has 0 aromatic heterocycles. The molecule has 2 rings (SSSR count). The standard InChI is InChI=1S/C16H16F2/c1-3-16(2,12-4-8-14(17)9-5-12)13-6-10-15(18)11-7-13/h4-11H,3H2,1-2H3. The molecular formula is C16H16F2. The van der Waals surface area contributed by atoms with Crippen molar-refractivity contribution in [1.82, 2.24) is 0 Å². The van der Waals surface area contributed by atoms with E-state index < -0.39 is 0 Å². The van der Waals surface area contributed by atoms with E-state index >= 15 is 0 Å². The van der Waals surface area contributed by atoms with Crippen LogP contribution in [0, 0.1) is 11.6 Å². The summed E-state index contributed by atoms with van der Waals surface area (Å²) in [7, 11) is 0. The van der Waals surface area contributed by atoms with Crippen LogP contribution in [0.15, 0.2) is 48.5 Å². The van der Waals surface area contributed by atoms with Gasteiger partial charge in [-0.25, -0.2) is 8.78 Å². The van der Waals surface area contributed by atoms with Gasteiger partial charge in [0.15, 0.2) is 0 Å². The van der Waals surface area contributed by atoms with Gasteiger partial charge in [-0.15, -0.1) is 0 Å². The first-order valence-corrected chi connectivity index (χ1v) is 6.08. The fraction of sp³-hybridized carbons (Fsp3) is 0.250. The van der Waals surface area contributed by atoms with Crippen LogP contribution in [-0.2, 0) is 5.41 Å². The predicted octanol–water partition coefficient (Wildman–Crippen LogP) is 4.68. The van der Waals surface area contributed by atoms with E-state index in [1.165, 1.54) is 24.3 Å². The normalized spacial score (nSPS) is 11.6. The molecule has 0 fully saturated rings. The van der Waals surface area contributed by atoms with Crippen LogP contribution in [0.3, 0.4) is 0 Å². The van der Waals surface area contributed by atoms with Crippen LogP contribution in [0.1, 0.15) is 31.4 Å². The molecule has 0 bridgehead atoms. The zero-order valence-electron chi connectivity index (χ0n) is 10.6. The highest BCUT2D eigenvalue weighted by Gasteiger charge is 2.26. The van der Waals surface area contributed by atoms with Crippen LogP contribution >= 0.6 is 0 Å². The quantitative estimate of drug-likeness (QED) is 0.737. The molecule has 0 unspecified atom stereocenters. The Morgan fingerprint density at radius 1 is 0.778 bits per heavy atom. The average molecular weight is 246 g/mol. The minimum Gasteiger partial charge on any atom is -0.207 e. The van der Waals surface area contributed by atoms with Gasteiger partial charge in [-0.05, 0) is 41.8 Å². The minimum absolute atomic E-state index is 0.221. The molecule has 0 saturated heterocycles. The molecular weight excluding hydrogens is 230 g/mol. The zero-order valence-corrected chi connectivity index (χ0v) is 10.6. The summed E-state index contributed by atoms with van der Waals surface area (Å²) in [6, 6.07) is 13.0. The monoisotopic (exact) mass is 246 g/mol. The molecule has 2 aromatic rings. The fourth-order valence-electron chi connectivity index (χ4n) is 2.21. The third-order valence-corrected chi connectivity index (χ3v) is 3.67. The van der Waals surface area contributed by atoms with E-state index in [4.69, 9.17) is 0 Å². The van der Waals surface area contributed by atoms with Crippen molar-refractivity contribution in [3.8, 4) is 0 Å². The second-order valence-corrected chi connectivity index (χ2v) is 4.70. The summed E-state index contributed by atoms with van der Waals surface area (Å²) < 4.78 is 26.0. The molecule has 0 saturated carbocycles. The van der Waals surface area contributed by atoms with Gasteiger partial charge in [-0.2, -0.15) is 0 Å². The van der Waals surface area contributed by atoms with Crippen molar-refractivity contribution in [2.45, 2.75) is 25.7 Å². The summed E-state index contributed by atoms with van der Waals surface area (Å²) in [5, 5.41) is 0. The lowest BCUT2D eigenvalue weighted by Crippen LogP contribution is -2.22. The third kappa shape index (κ3) is 2.28. The molecule has 2 aromatic carbocycles. The Hall–Kier alpha value is -1.70. The van der Waals surface area contributed by atoms with Crippen LogP contribution in [0.5, 0.6) is 0 Å². The van der Waals surface area contributed by atoms with Gasteiger partial charge >= 0.3 is 0 Å². The number of hydrogen-bond acceptors (Lipinski definition) is 0. The Labute approximate surface area is 106 Å². The molecule has 2 heteroatoms. The van der Waals surface area contributed by atoms with Crippen molar-refractivity contribution in [2.75, 3.05) is 0 Å². The number of rotatable bonds is 3. The first kappa shape index (κ1) is 12.7. The van der Waals surface area contributed by atoms with Gasteiger partial charge in [0.1, 0.15) is 11.6 Å². The molecule has 0 aliphatic rings. The van der Waals surface area contributed by atoms with Gasteiger partial charge in [0.05, 0.1) is 0 Å². The molecule has 0 aliphatic carbocycles. The molecule has 0 spiro atoms. The van der Waals surface area contributed by atoms with E-state index in [0.29, 0.717) is 0 Å². The smallest absolute Gasteiger partial charge is 0.123 e. The first-order valence-electron chi connectivity index (χ1n) is 6.08. The fourth-order valence-corrected chi connectivity index (χ4v) is 2.21. The van der Waals surface area contributed by atoms with E-state index in [1.807, 2.05) is 0 Å². The van der Waals surface area contributed by atoms with Crippen molar-refractivity contribution in [1.29, 1.82) is 0 Å². The molecule has 0 N–H and O–H groups in total. The van der Waals surface area contributed by atoms with Gasteiger partial charge < -0.3 is 0 Å². The highest BCUT2D eigenvalue weighted by Crippen LogP contribution is 2.35. The topological polar surface area (TPSA) is 0 Å². The van der Waals surface area contributed by atoms with Crippen molar-refractivity contribution >= 4 is 0 Å².